The molecule has 6 heteroatoms. The van der Waals surface area contributed by atoms with Crippen LogP contribution in [0.25, 0.3) is 6.08 Å². The number of halogens is 1. The Bertz CT molecular complexity index is 1050. The fourth-order valence-corrected chi connectivity index (χ4v) is 3.92. The van der Waals surface area contributed by atoms with Gasteiger partial charge in [-0.1, -0.05) is 13.0 Å². The molecule has 1 aliphatic heterocycles. The lowest BCUT2D eigenvalue weighted by Crippen LogP contribution is -2.45. The summed E-state index contributed by atoms with van der Waals surface area (Å²) in [6.45, 7) is 6.38. The number of hydrogen-bond acceptors (Lipinski definition) is 4. The summed E-state index contributed by atoms with van der Waals surface area (Å²) in [6, 6.07) is 11.9. The summed E-state index contributed by atoms with van der Waals surface area (Å²) < 4.78 is 20.0. The van der Waals surface area contributed by atoms with E-state index in [1.807, 2.05) is 13.1 Å². The van der Waals surface area contributed by atoms with Crippen LogP contribution in [0.2, 0.25) is 0 Å². The van der Waals surface area contributed by atoms with Gasteiger partial charge in [0, 0.05) is 35.6 Å². The van der Waals surface area contributed by atoms with E-state index < -0.39 is 11.7 Å². The number of methoxy groups -OCH3 is 1. The van der Waals surface area contributed by atoms with Crippen molar-refractivity contribution in [3.8, 4) is 11.8 Å². The van der Waals surface area contributed by atoms with Crippen molar-refractivity contribution in [2.24, 2.45) is 0 Å². The Morgan fingerprint density at radius 2 is 2.10 bits per heavy atom. The van der Waals surface area contributed by atoms with Crippen LogP contribution in [0, 0.1) is 17.1 Å². The lowest BCUT2D eigenvalue weighted by molar-refractivity contribution is -0.112. The minimum atomic E-state index is -0.603. The second kappa shape index (κ2) is 8.19. The maximum atomic E-state index is 14.9. The van der Waals surface area contributed by atoms with Crippen LogP contribution in [0.4, 0.5) is 15.8 Å². The van der Waals surface area contributed by atoms with Crippen molar-refractivity contribution < 1.29 is 13.9 Å². The zero-order valence-corrected chi connectivity index (χ0v) is 17.9. The van der Waals surface area contributed by atoms with Gasteiger partial charge in [0.15, 0.2) is 0 Å². The Labute approximate surface area is 176 Å². The number of carbonyl (C=O) groups excluding carboxylic acids is 1. The van der Waals surface area contributed by atoms with Crippen molar-refractivity contribution in [3.05, 3.63) is 58.9 Å². The van der Waals surface area contributed by atoms with Gasteiger partial charge >= 0.3 is 0 Å². The first-order valence-electron chi connectivity index (χ1n) is 9.80. The van der Waals surface area contributed by atoms with Crippen molar-refractivity contribution in [1.82, 2.24) is 0 Å². The molecule has 0 bridgehead atoms. The van der Waals surface area contributed by atoms with E-state index >= 15 is 0 Å². The van der Waals surface area contributed by atoms with E-state index in [2.05, 4.69) is 31.0 Å². The SMILES string of the molecule is COc1cccc(NC(=O)/C(C#N)=C/c2cc3c(cc2F)N(C)C(C)(C)CC3C)c1. The number of anilines is 2. The standard InChI is InChI=1S/C24H26FN3O2/c1-15-13-24(2,3)28(4)22-12-21(25)16(10-20(15)22)9-17(14-26)23(29)27-18-7-6-8-19(11-18)30-5/h6-12,15H,13H2,1-5H3,(H,27,29)/b17-9+. The van der Waals surface area contributed by atoms with Gasteiger partial charge in [0.05, 0.1) is 7.11 Å². The summed E-state index contributed by atoms with van der Waals surface area (Å²) >= 11 is 0. The molecule has 3 rings (SSSR count). The second-order valence-corrected chi connectivity index (χ2v) is 8.27. The number of amides is 1. The number of fused-ring (bicyclic) bond motifs is 1. The Balaban J connectivity index is 1.93. The molecule has 1 atom stereocenters. The van der Waals surface area contributed by atoms with Gasteiger partial charge in [0.2, 0.25) is 0 Å². The Hall–Kier alpha value is -3.33. The molecule has 5 nitrogen and oxygen atoms in total. The average molecular weight is 407 g/mol. The molecule has 30 heavy (non-hydrogen) atoms. The highest BCUT2D eigenvalue weighted by Gasteiger charge is 2.34. The average Bonchev–Trinajstić information content (AvgIpc) is 2.70. The van der Waals surface area contributed by atoms with Gasteiger partial charge in [0.1, 0.15) is 23.2 Å². The lowest BCUT2D eigenvalue weighted by Gasteiger charge is -2.45. The molecule has 0 radical (unpaired) electrons. The molecule has 1 unspecified atom stereocenters. The van der Waals surface area contributed by atoms with Crippen LogP contribution < -0.4 is 15.0 Å². The molecular formula is C24H26FN3O2. The van der Waals surface area contributed by atoms with E-state index in [1.165, 1.54) is 19.3 Å². The quantitative estimate of drug-likeness (QED) is 0.566. The van der Waals surface area contributed by atoms with Gasteiger partial charge < -0.3 is 15.0 Å². The molecule has 0 spiro atoms. The fraction of sp³-hybridized carbons (Fsp3) is 0.333. The number of ether oxygens (including phenoxy) is 1. The molecule has 156 valence electrons. The Morgan fingerprint density at radius 3 is 2.77 bits per heavy atom. The van der Waals surface area contributed by atoms with E-state index in [0.717, 1.165) is 17.7 Å². The molecular weight excluding hydrogens is 381 g/mol. The number of benzene rings is 2. The third-order valence-electron chi connectivity index (χ3n) is 5.74. The number of nitrogens with zero attached hydrogens (tertiary/aromatic N) is 2. The molecule has 1 heterocycles. The molecule has 0 fully saturated rings. The van der Waals surface area contributed by atoms with E-state index in [1.54, 1.807) is 30.3 Å². The van der Waals surface area contributed by atoms with Crippen LogP contribution in [0.3, 0.4) is 0 Å². The third-order valence-corrected chi connectivity index (χ3v) is 5.74. The molecule has 0 aromatic heterocycles. The fourth-order valence-electron chi connectivity index (χ4n) is 3.92. The second-order valence-electron chi connectivity index (χ2n) is 8.27. The van der Waals surface area contributed by atoms with E-state index in [9.17, 15) is 14.4 Å². The minimum absolute atomic E-state index is 0.0787. The lowest BCUT2D eigenvalue weighted by atomic mass is 9.80. The maximum absolute atomic E-state index is 14.9. The molecule has 2 aromatic rings. The number of carbonyl (C=O) groups is 1. The summed E-state index contributed by atoms with van der Waals surface area (Å²) in [7, 11) is 3.49. The van der Waals surface area contributed by atoms with Crippen molar-refractivity contribution in [3.63, 3.8) is 0 Å². The number of nitriles is 1. The summed E-state index contributed by atoms with van der Waals surface area (Å²) in [5.74, 6) is -0.256. The van der Waals surface area contributed by atoms with Crippen LogP contribution in [-0.2, 0) is 4.79 Å². The van der Waals surface area contributed by atoms with Gasteiger partial charge in [-0.25, -0.2) is 4.39 Å². The Morgan fingerprint density at radius 1 is 1.37 bits per heavy atom. The maximum Gasteiger partial charge on any atom is 0.266 e. The molecule has 1 amide bonds. The summed E-state index contributed by atoms with van der Waals surface area (Å²) in [5.41, 5.74) is 2.32. The van der Waals surface area contributed by atoms with Gasteiger partial charge in [-0.05, 0) is 62.1 Å². The monoisotopic (exact) mass is 407 g/mol. The predicted octanol–water partition coefficient (Wildman–Crippen LogP) is 5.10. The molecule has 1 N–H and O–H groups in total. The van der Waals surface area contributed by atoms with E-state index in [-0.39, 0.29) is 22.6 Å². The first-order chi connectivity index (χ1) is 14.2. The highest BCUT2D eigenvalue weighted by Crippen LogP contribution is 2.43. The molecule has 2 aromatic carbocycles. The van der Waals surface area contributed by atoms with Crippen molar-refractivity contribution in [2.75, 3.05) is 24.4 Å². The zero-order valence-electron chi connectivity index (χ0n) is 17.9. The van der Waals surface area contributed by atoms with Gasteiger partial charge in [-0.15, -0.1) is 0 Å². The van der Waals surface area contributed by atoms with Crippen LogP contribution in [0.15, 0.2) is 42.0 Å². The van der Waals surface area contributed by atoms with Crippen molar-refractivity contribution >= 4 is 23.4 Å². The molecule has 0 saturated heterocycles. The first-order valence-corrected chi connectivity index (χ1v) is 9.80. The minimum Gasteiger partial charge on any atom is -0.497 e. The highest BCUT2D eigenvalue weighted by atomic mass is 19.1. The van der Waals surface area contributed by atoms with Crippen LogP contribution in [0.5, 0.6) is 5.75 Å². The largest absolute Gasteiger partial charge is 0.497 e. The van der Waals surface area contributed by atoms with Crippen molar-refractivity contribution in [2.45, 2.75) is 38.6 Å². The molecule has 0 aliphatic carbocycles. The van der Waals surface area contributed by atoms with E-state index in [0.29, 0.717) is 11.4 Å². The summed E-state index contributed by atoms with van der Waals surface area (Å²) in [4.78, 5) is 14.7. The van der Waals surface area contributed by atoms with Crippen LogP contribution in [0.1, 0.15) is 44.2 Å². The van der Waals surface area contributed by atoms with Crippen molar-refractivity contribution in [1.29, 1.82) is 5.26 Å². The number of nitrogens with one attached hydrogen (secondary N) is 1. The third kappa shape index (κ3) is 4.16. The van der Waals surface area contributed by atoms with Gasteiger partial charge in [0.25, 0.3) is 5.91 Å². The zero-order chi connectivity index (χ0) is 22.1. The van der Waals surface area contributed by atoms with Crippen LogP contribution >= 0.6 is 0 Å². The number of rotatable bonds is 4. The van der Waals surface area contributed by atoms with Gasteiger partial charge in [-0.2, -0.15) is 5.26 Å². The Kier molecular flexibility index (Phi) is 5.84. The molecule has 0 saturated carbocycles. The normalized spacial score (nSPS) is 17.7. The van der Waals surface area contributed by atoms with Gasteiger partial charge in [-0.3, -0.25) is 4.79 Å². The first kappa shape index (κ1) is 21.4. The highest BCUT2D eigenvalue weighted by molar-refractivity contribution is 6.09. The summed E-state index contributed by atoms with van der Waals surface area (Å²) in [5, 5.41) is 12.1. The number of hydrogen-bond donors (Lipinski definition) is 1. The summed E-state index contributed by atoms with van der Waals surface area (Å²) in [6.07, 6.45) is 2.23. The molecule has 1 aliphatic rings. The topological polar surface area (TPSA) is 65.4 Å². The predicted molar refractivity (Wildman–Crippen MR) is 117 cm³/mol. The smallest absolute Gasteiger partial charge is 0.266 e. The van der Waals surface area contributed by atoms with E-state index in [4.69, 9.17) is 4.74 Å². The van der Waals surface area contributed by atoms with Crippen LogP contribution in [-0.4, -0.2) is 25.6 Å².